The number of benzene rings is 3. The number of carbonyl (C=O) groups is 1. The first kappa shape index (κ1) is 18.5. The summed E-state index contributed by atoms with van der Waals surface area (Å²) in [6.07, 6.45) is 1.74. The molecule has 1 aliphatic heterocycles. The number of anilines is 1. The second-order valence-electron chi connectivity index (χ2n) is 6.46. The summed E-state index contributed by atoms with van der Waals surface area (Å²) in [6, 6.07) is 22.5. The van der Waals surface area contributed by atoms with Gasteiger partial charge in [0, 0.05) is 15.6 Å². The molecule has 0 saturated heterocycles. The first-order valence-electron chi connectivity index (χ1n) is 8.75. The molecule has 0 fully saturated rings. The highest BCUT2D eigenvalue weighted by atomic mass is 35.5. The monoisotopic (exact) mass is 406 g/mol. The molecule has 3 aromatic rings. The summed E-state index contributed by atoms with van der Waals surface area (Å²) in [5.74, 6) is 0.359. The molecule has 3 nitrogen and oxygen atoms in total. The number of aliphatic imine (C=N–C) groups is 1. The number of amides is 1. The largest absolute Gasteiger partial charge is 0.282 e. The minimum absolute atomic E-state index is 0.209. The molecule has 3 aromatic carbocycles. The average Bonchev–Trinajstić information content (AvgIpc) is 3.01. The summed E-state index contributed by atoms with van der Waals surface area (Å²) < 4.78 is 0. The number of aryl methyl sites for hydroxylation is 1. The van der Waals surface area contributed by atoms with Crippen LogP contribution in [0.2, 0.25) is 10.0 Å². The van der Waals surface area contributed by atoms with Gasteiger partial charge in [0.1, 0.15) is 11.5 Å². The summed E-state index contributed by atoms with van der Waals surface area (Å²) in [4.78, 5) is 19.5. The van der Waals surface area contributed by atoms with E-state index >= 15 is 0 Å². The maximum atomic E-state index is 13.2. The zero-order valence-corrected chi connectivity index (χ0v) is 16.6. The van der Waals surface area contributed by atoms with E-state index in [1.54, 1.807) is 29.2 Å². The summed E-state index contributed by atoms with van der Waals surface area (Å²) in [5, 5.41) is 1.21. The van der Waals surface area contributed by atoms with Gasteiger partial charge in [0.05, 0.1) is 5.69 Å². The number of hydrogen-bond donors (Lipinski definition) is 0. The molecular formula is C23H16Cl2N2O. The van der Waals surface area contributed by atoms with E-state index in [4.69, 9.17) is 23.2 Å². The Kier molecular flexibility index (Phi) is 5.03. The third-order valence-electron chi connectivity index (χ3n) is 4.46. The lowest BCUT2D eigenvalue weighted by Gasteiger charge is -2.19. The molecule has 0 aromatic heterocycles. The highest BCUT2D eigenvalue weighted by Crippen LogP contribution is 2.30. The van der Waals surface area contributed by atoms with Crippen LogP contribution in [0.1, 0.15) is 16.7 Å². The highest BCUT2D eigenvalue weighted by molar-refractivity contribution is 6.35. The lowest BCUT2D eigenvalue weighted by Crippen LogP contribution is -2.32. The van der Waals surface area contributed by atoms with Crippen LogP contribution < -0.4 is 4.90 Å². The number of halogens is 2. The van der Waals surface area contributed by atoms with E-state index in [-0.39, 0.29) is 5.91 Å². The molecule has 0 radical (unpaired) electrons. The maximum Gasteiger partial charge on any atom is 0.282 e. The third kappa shape index (κ3) is 3.59. The zero-order valence-electron chi connectivity index (χ0n) is 15.1. The van der Waals surface area contributed by atoms with Crippen molar-refractivity contribution in [3.8, 4) is 0 Å². The Labute approximate surface area is 173 Å². The van der Waals surface area contributed by atoms with Crippen LogP contribution in [0.15, 0.2) is 83.5 Å². The highest BCUT2D eigenvalue weighted by Gasteiger charge is 2.32. The number of nitrogens with zero attached hydrogens (tertiary/aromatic N) is 2. The molecular weight excluding hydrogens is 391 g/mol. The number of rotatable bonds is 3. The molecule has 5 heteroatoms. The van der Waals surface area contributed by atoms with Crippen LogP contribution in [0.25, 0.3) is 6.08 Å². The van der Waals surface area contributed by atoms with Crippen molar-refractivity contribution < 1.29 is 4.79 Å². The molecule has 0 spiro atoms. The number of amidine groups is 1. The molecule has 28 heavy (non-hydrogen) atoms. The van der Waals surface area contributed by atoms with Gasteiger partial charge in [0.15, 0.2) is 0 Å². The molecule has 1 aliphatic rings. The fourth-order valence-corrected chi connectivity index (χ4v) is 3.39. The van der Waals surface area contributed by atoms with Gasteiger partial charge in [-0.1, -0.05) is 71.7 Å². The molecule has 0 N–H and O–H groups in total. The van der Waals surface area contributed by atoms with Crippen LogP contribution in [0.3, 0.4) is 0 Å². The van der Waals surface area contributed by atoms with Crippen molar-refractivity contribution in [2.45, 2.75) is 6.92 Å². The molecule has 0 aliphatic carbocycles. The Morgan fingerprint density at radius 1 is 0.929 bits per heavy atom. The van der Waals surface area contributed by atoms with Crippen molar-refractivity contribution in [2.24, 2.45) is 4.99 Å². The number of carbonyl (C=O) groups excluding carboxylic acids is 1. The van der Waals surface area contributed by atoms with Gasteiger partial charge in [0.25, 0.3) is 5.91 Å². The van der Waals surface area contributed by atoms with Gasteiger partial charge in [-0.2, -0.15) is 0 Å². The van der Waals surface area contributed by atoms with E-state index in [1.165, 1.54) is 0 Å². The van der Waals surface area contributed by atoms with E-state index < -0.39 is 0 Å². The second kappa shape index (κ2) is 7.63. The SMILES string of the molecule is Cc1ccc(N2C(=O)/C(=C\c3cccc(Cl)c3)N=C2c2ccccc2)cc1Cl. The van der Waals surface area contributed by atoms with Gasteiger partial charge >= 0.3 is 0 Å². The van der Waals surface area contributed by atoms with E-state index in [2.05, 4.69) is 4.99 Å². The van der Waals surface area contributed by atoms with Crippen LogP contribution in [0.4, 0.5) is 5.69 Å². The normalized spacial score (nSPS) is 15.2. The Bertz CT molecular complexity index is 1120. The molecule has 0 saturated carbocycles. The van der Waals surface area contributed by atoms with Gasteiger partial charge in [-0.3, -0.25) is 9.69 Å². The smallest absolute Gasteiger partial charge is 0.266 e. The molecule has 0 atom stereocenters. The van der Waals surface area contributed by atoms with Crippen molar-refractivity contribution in [3.63, 3.8) is 0 Å². The van der Waals surface area contributed by atoms with Crippen LogP contribution in [0.5, 0.6) is 0 Å². The Balaban J connectivity index is 1.84. The van der Waals surface area contributed by atoms with Crippen LogP contribution >= 0.6 is 23.2 Å². The first-order valence-corrected chi connectivity index (χ1v) is 9.50. The minimum atomic E-state index is -0.209. The van der Waals surface area contributed by atoms with Crippen LogP contribution in [-0.4, -0.2) is 11.7 Å². The lowest BCUT2D eigenvalue weighted by atomic mass is 10.1. The Morgan fingerprint density at radius 3 is 2.43 bits per heavy atom. The van der Waals surface area contributed by atoms with E-state index in [1.807, 2.05) is 61.5 Å². The molecule has 1 amide bonds. The standard InChI is InChI=1S/C23H16Cl2N2O/c1-15-10-11-19(14-20(15)25)27-22(17-7-3-2-4-8-17)26-21(23(27)28)13-16-6-5-9-18(24)12-16/h2-14H,1H3/b21-13+. The molecule has 4 rings (SSSR count). The maximum absolute atomic E-state index is 13.2. The van der Waals surface area contributed by atoms with Crippen molar-refractivity contribution in [1.82, 2.24) is 0 Å². The van der Waals surface area contributed by atoms with Crippen molar-refractivity contribution in [2.75, 3.05) is 4.90 Å². The van der Waals surface area contributed by atoms with Crippen LogP contribution in [0, 0.1) is 6.92 Å². The Hall–Kier alpha value is -2.88. The van der Waals surface area contributed by atoms with Crippen molar-refractivity contribution in [3.05, 3.63) is 105 Å². The zero-order chi connectivity index (χ0) is 19.7. The Morgan fingerprint density at radius 2 is 1.71 bits per heavy atom. The fraction of sp³-hybridized carbons (Fsp3) is 0.0435. The van der Waals surface area contributed by atoms with Gasteiger partial charge in [-0.05, 0) is 48.4 Å². The molecule has 0 unspecified atom stereocenters. The third-order valence-corrected chi connectivity index (χ3v) is 5.10. The quantitative estimate of drug-likeness (QED) is 0.481. The van der Waals surface area contributed by atoms with Gasteiger partial charge in [0.2, 0.25) is 0 Å². The average molecular weight is 407 g/mol. The lowest BCUT2D eigenvalue weighted by molar-refractivity contribution is -0.113. The van der Waals surface area contributed by atoms with Gasteiger partial charge in [-0.25, -0.2) is 4.99 Å². The summed E-state index contributed by atoms with van der Waals surface area (Å²) in [7, 11) is 0. The predicted octanol–water partition coefficient (Wildman–Crippen LogP) is 6.14. The van der Waals surface area contributed by atoms with Crippen molar-refractivity contribution >= 4 is 46.7 Å². The van der Waals surface area contributed by atoms with Gasteiger partial charge in [-0.15, -0.1) is 0 Å². The van der Waals surface area contributed by atoms with Crippen LogP contribution in [-0.2, 0) is 4.79 Å². The van der Waals surface area contributed by atoms with E-state index in [0.717, 1.165) is 16.7 Å². The second-order valence-corrected chi connectivity index (χ2v) is 7.30. The van der Waals surface area contributed by atoms with E-state index in [9.17, 15) is 4.79 Å². The van der Waals surface area contributed by atoms with E-state index in [0.29, 0.717) is 27.3 Å². The predicted molar refractivity (Wildman–Crippen MR) is 116 cm³/mol. The van der Waals surface area contributed by atoms with Gasteiger partial charge < -0.3 is 0 Å². The molecule has 1 heterocycles. The topological polar surface area (TPSA) is 32.7 Å². The number of hydrogen-bond acceptors (Lipinski definition) is 2. The van der Waals surface area contributed by atoms with Crippen molar-refractivity contribution in [1.29, 1.82) is 0 Å². The molecule has 138 valence electrons. The first-order chi connectivity index (χ1) is 13.5. The molecule has 0 bridgehead atoms. The summed E-state index contributed by atoms with van der Waals surface area (Å²) in [6.45, 7) is 1.93. The minimum Gasteiger partial charge on any atom is -0.266 e. The fourth-order valence-electron chi connectivity index (χ4n) is 3.01. The summed E-state index contributed by atoms with van der Waals surface area (Å²) >= 11 is 12.4. The summed E-state index contributed by atoms with van der Waals surface area (Å²) in [5.41, 5.74) is 3.64.